The molecule has 0 amide bonds. The Morgan fingerprint density at radius 1 is 1.33 bits per heavy atom. The van der Waals surface area contributed by atoms with E-state index < -0.39 is 0 Å². The summed E-state index contributed by atoms with van der Waals surface area (Å²) < 4.78 is 0. The van der Waals surface area contributed by atoms with E-state index in [0.29, 0.717) is 0 Å². The molecule has 1 rings (SSSR count). The molecule has 0 atom stereocenters. The van der Waals surface area contributed by atoms with Crippen LogP contribution in [-0.2, 0) is 0 Å². The highest BCUT2D eigenvalue weighted by Crippen LogP contribution is 2.19. The molecule has 0 radical (unpaired) electrons. The van der Waals surface area contributed by atoms with Crippen LogP contribution in [0.25, 0.3) is 0 Å². The fraction of sp³-hybridized carbons (Fsp3) is 0.200. The van der Waals surface area contributed by atoms with Crippen molar-refractivity contribution < 1.29 is 0 Å². The van der Waals surface area contributed by atoms with Gasteiger partial charge < -0.3 is 0 Å². The topological polar surface area (TPSA) is 0 Å². The monoisotopic (exact) mass is 196 g/mol. The standard InChI is InChI=1S/C10H9ClS/c1-2-3-8-12-10-6-4-9(11)5-7-10/h4-7H,8H2,1H3. The second-order valence-electron chi connectivity index (χ2n) is 2.17. The van der Waals surface area contributed by atoms with E-state index in [4.69, 9.17) is 11.6 Å². The van der Waals surface area contributed by atoms with Crippen molar-refractivity contribution in [1.82, 2.24) is 0 Å². The minimum absolute atomic E-state index is 0.779. The minimum Gasteiger partial charge on any atom is -0.113 e. The Labute approximate surface area is 82.3 Å². The number of halogens is 1. The molecule has 0 aliphatic heterocycles. The Kier molecular flexibility index (Phi) is 4.07. The van der Waals surface area contributed by atoms with Crippen molar-refractivity contribution in [2.24, 2.45) is 0 Å². The van der Waals surface area contributed by atoms with Gasteiger partial charge in [0.25, 0.3) is 0 Å². The van der Waals surface area contributed by atoms with Crippen molar-refractivity contribution in [3.05, 3.63) is 29.3 Å². The van der Waals surface area contributed by atoms with Gasteiger partial charge in [0.2, 0.25) is 0 Å². The maximum absolute atomic E-state index is 5.74. The predicted molar refractivity (Wildman–Crippen MR) is 55.6 cm³/mol. The van der Waals surface area contributed by atoms with Gasteiger partial charge in [-0.2, -0.15) is 0 Å². The molecule has 0 heterocycles. The summed E-state index contributed by atoms with van der Waals surface area (Å²) in [6.07, 6.45) is 0. The maximum atomic E-state index is 5.74. The molecule has 0 saturated carbocycles. The van der Waals surface area contributed by atoms with Crippen LogP contribution in [0.3, 0.4) is 0 Å². The van der Waals surface area contributed by atoms with Crippen LogP contribution in [-0.4, -0.2) is 5.75 Å². The lowest BCUT2D eigenvalue weighted by molar-refractivity contribution is 1.46. The summed E-state index contributed by atoms with van der Waals surface area (Å²) in [7, 11) is 0. The van der Waals surface area contributed by atoms with Gasteiger partial charge in [-0.15, -0.1) is 17.7 Å². The largest absolute Gasteiger partial charge is 0.113 e. The molecule has 12 heavy (non-hydrogen) atoms. The quantitative estimate of drug-likeness (QED) is 0.516. The van der Waals surface area contributed by atoms with Crippen LogP contribution in [0.15, 0.2) is 29.2 Å². The van der Waals surface area contributed by atoms with E-state index >= 15 is 0 Å². The van der Waals surface area contributed by atoms with Gasteiger partial charge in [0, 0.05) is 9.92 Å². The van der Waals surface area contributed by atoms with E-state index in [1.807, 2.05) is 31.2 Å². The van der Waals surface area contributed by atoms with Gasteiger partial charge in [0.15, 0.2) is 0 Å². The minimum atomic E-state index is 0.779. The van der Waals surface area contributed by atoms with Crippen molar-refractivity contribution in [1.29, 1.82) is 0 Å². The normalized spacial score (nSPS) is 8.83. The van der Waals surface area contributed by atoms with Crippen LogP contribution in [0.4, 0.5) is 0 Å². The Balaban J connectivity index is 2.51. The Morgan fingerprint density at radius 3 is 2.58 bits per heavy atom. The van der Waals surface area contributed by atoms with Gasteiger partial charge in [-0.05, 0) is 31.2 Å². The SMILES string of the molecule is CC#CCSc1ccc(Cl)cc1. The smallest absolute Gasteiger partial charge is 0.0594 e. The van der Waals surface area contributed by atoms with E-state index in [1.54, 1.807) is 11.8 Å². The molecule has 0 N–H and O–H groups in total. The van der Waals surface area contributed by atoms with Crippen LogP contribution in [0.2, 0.25) is 5.02 Å². The van der Waals surface area contributed by atoms with Gasteiger partial charge in [0.05, 0.1) is 5.75 Å². The Hall–Kier alpha value is -0.580. The Bertz CT molecular complexity index is 292. The summed E-state index contributed by atoms with van der Waals surface area (Å²) in [5, 5.41) is 0.779. The lowest BCUT2D eigenvalue weighted by Gasteiger charge is -1.95. The highest BCUT2D eigenvalue weighted by Gasteiger charge is 1.90. The van der Waals surface area contributed by atoms with Crippen LogP contribution in [0, 0.1) is 11.8 Å². The first-order valence-corrected chi connectivity index (χ1v) is 4.97. The predicted octanol–water partition coefficient (Wildman–Crippen LogP) is 3.46. The van der Waals surface area contributed by atoms with Crippen molar-refractivity contribution >= 4 is 23.4 Å². The molecule has 0 fully saturated rings. The van der Waals surface area contributed by atoms with Gasteiger partial charge in [-0.3, -0.25) is 0 Å². The van der Waals surface area contributed by atoms with Crippen LogP contribution >= 0.6 is 23.4 Å². The first-order chi connectivity index (χ1) is 5.83. The molecular formula is C10H9ClS. The summed E-state index contributed by atoms with van der Waals surface area (Å²) in [6, 6.07) is 7.79. The number of hydrogen-bond donors (Lipinski definition) is 0. The second-order valence-corrected chi connectivity index (χ2v) is 3.65. The van der Waals surface area contributed by atoms with E-state index in [0.717, 1.165) is 10.8 Å². The number of rotatable bonds is 2. The van der Waals surface area contributed by atoms with Gasteiger partial charge in [-0.25, -0.2) is 0 Å². The van der Waals surface area contributed by atoms with Crippen LogP contribution < -0.4 is 0 Å². The fourth-order valence-electron chi connectivity index (χ4n) is 0.722. The highest BCUT2D eigenvalue weighted by atomic mass is 35.5. The van der Waals surface area contributed by atoms with Crippen LogP contribution in [0.1, 0.15) is 6.92 Å². The third-order valence-corrected chi connectivity index (χ3v) is 2.45. The average Bonchev–Trinajstić information content (AvgIpc) is 2.09. The fourth-order valence-corrected chi connectivity index (χ4v) is 1.56. The molecule has 0 aliphatic rings. The zero-order valence-corrected chi connectivity index (χ0v) is 8.38. The molecule has 0 aliphatic carbocycles. The van der Waals surface area contributed by atoms with E-state index in [2.05, 4.69) is 11.8 Å². The molecule has 1 aromatic rings. The summed E-state index contributed by atoms with van der Waals surface area (Å²) in [4.78, 5) is 1.21. The number of hydrogen-bond acceptors (Lipinski definition) is 1. The molecule has 2 heteroatoms. The lowest BCUT2D eigenvalue weighted by Crippen LogP contribution is -1.73. The summed E-state index contributed by atoms with van der Waals surface area (Å²) in [5.41, 5.74) is 0. The molecule has 0 saturated heterocycles. The van der Waals surface area contributed by atoms with Crippen molar-refractivity contribution in [3.63, 3.8) is 0 Å². The molecular weight excluding hydrogens is 188 g/mol. The van der Waals surface area contributed by atoms with E-state index in [9.17, 15) is 0 Å². The molecule has 0 aromatic heterocycles. The van der Waals surface area contributed by atoms with Gasteiger partial charge in [-0.1, -0.05) is 17.5 Å². The first-order valence-electron chi connectivity index (χ1n) is 3.61. The maximum Gasteiger partial charge on any atom is 0.0594 e. The van der Waals surface area contributed by atoms with Crippen LogP contribution in [0.5, 0.6) is 0 Å². The second kappa shape index (κ2) is 5.13. The third kappa shape index (κ3) is 3.21. The zero-order valence-electron chi connectivity index (χ0n) is 6.80. The average molecular weight is 197 g/mol. The Morgan fingerprint density at radius 2 is 2.00 bits per heavy atom. The van der Waals surface area contributed by atoms with Gasteiger partial charge >= 0.3 is 0 Å². The van der Waals surface area contributed by atoms with Crippen molar-refractivity contribution in [3.8, 4) is 11.8 Å². The molecule has 62 valence electrons. The van der Waals surface area contributed by atoms with Crippen molar-refractivity contribution in [2.75, 3.05) is 5.75 Å². The molecule has 0 unspecified atom stereocenters. The number of thioether (sulfide) groups is 1. The van der Waals surface area contributed by atoms with E-state index in [-0.39, 0.29) is 0 Å². The van der Waals surface area contributed by atoms with Crippen molar-refractivity contribution in [2.45, 2.75) is 11.8 Å². The summed E-state index contributed by atoms with van der Waals surface area (Å²) in [5.74, 6) is 6.69. The van der Waals surface area contributed by atoms with Gasteiger partial charge in [0.1, 0.15) is 0 Å². The summed E-state index contributed by atoms with van der Waals surface area (Å²) in [6.45, 7) is 1.85. The van der Waals surface area contributed by atoms with E-state index in [1.165, 1.54) is 4.90 Å². The molecule has 0 bridgehead atoms. The summed E-state index contributed by atoms with van der Waals surface area (Å²) >= 11 is 7.46. The molecule has 0 spiro atoms. The number of benzene rings is 1. The zero-order chi connectivity index (χ0) is 8.81. The third-order valence-electron chi connectivity index (χ3n) is 1.30. The molecule has 0 nitrogen and oxygen atoms in total. The first kappa shape index (κ1) is 9.51. The lowest BCUT2D eigenvalue weighted by atomic mass is 10.4. The molecule has 1 aromatic carbocycles. The highest BCUT2D eigenvalue weighted by molar-refractivity contribution is 7.99.